The first kappa shape index (κ1) is 21.2. The van der Waals surface area contributed by atoms with Crippen LogP contribution in [0.4, 0.5) is 8.78 Å². The summed E-state index contributed by atoms with van der Waals surface area (Å²) in [5.74, 6) is 0.973. The van der Waals surface area contributed by atoms with Crippen molar-refractivity contribution in [1.29, 1.82) is 0 Å². The number of nitrogens with zero attached hydrogens (tertiary/aromatic N) is 4. The lowest BCUT2D eigenvalue weighted by Gasteiger charge is -2.17. The van der Waals surface area contributed by atoms with Crippen molar-refractivity contribution < 1.29 is 8.78 Å². The number of imidazole rings is 1. The summed E-state index contributed by atoms with van der Waals surface area (Å²) in [6.07, 6.45) is 7.38. The normalized spacial score (nSPS) is 14.6. The number of benzene rings is 1. The minimum Gasteiger partial charge on any atom is -0.317 e. The SMILES string of the molecule is CC1CCNCC1.Cc1cccc2ncc(-c3ccc(-c4cnn(C(F)F)c4)cc3)n12. The highest BCUT2D eigenvalue weighted by atomic mass is 19.3. The van der Waals surface area contributed by atoms with Crippen LogP contribution in [0, 0.1) is 12.8 Å². The van der Waals surface area contributed by atoms with Crippen molar-refractivity contribution in [1.82, 2.24) is 24.5 Å². The third-order valence-corrected chi connectivity index (χ3v) is 5.67. The van der Waals surface area contributed by atoms with Gasteiger partial charge in [0.25, 0.3) is 0 Å². The van der Waals surface area contributed by atoms with Crippen LogP contribution in [0.5, 0.6) is 0 Å². The molecule has 5 nitrogen and oxygen atoms in total. The van der Waals surface area contributed by atoms with Crippen LogP contribution < -0.4 is 5.32 Å². The summed E-state index contributed by atoms with van der Waals surface area (Å²) in [5, 5.41) is 6.98. The van der Waals surface area contributed by atoms with Crippen molar-refractivity contribution in [2.24, 2.45) is 5.92 Å². The molecule has 162 valence electrons. The smallest absolute Gasteiger partial charge is 0.317 e. The quantitative estimate of drug-likeness (QED) is 0.468. The molecule has 0 amide bonds. The second-order valence-electron chi connectivity index (χ2n) is 8.00. The fourth-order valence-electron chi connectivity index (χ4n) is 3.80. The molecule has 1 N–H and O–H groups in total. The Hall–Kier alpha value is -3.06. The lowest BCUT2D eigenvalue weighted by Crippen LogP contribution is -2.26. The van der Waals surface area contributed by atoms with Crippen LogP contribution in [0.3, 0.4) is 0 Å². The van der Waals surface area contributed by atoms with E-state index in [-0.39, 0.29) is 0 Å². The Morgan fingerprint density at radius 1 is 0.968 bits per heavy atom. The monoisotopic (exact) mass is 423 g/mol. The molecular formula is C24H27F2N5. The molecule has 0 atom stereocenters. The second kappa shape index (κ2) is 9.39. The average Bonchev–Trinajstić information content (AvgIpc) is 3.44. The Kier molecular flexibility index (Phi) is 6.42. The van der Waals surface area contributed by atoms with Gasteiger partial charge in [0.1, 0.15) is 5.65 Å². The highest BCUT2D eigenvalue weighted by Gasteiger charge is 2.11. The van der Waals surface area contributed by atoms with E-state index in [4.69, 9.17) is 0 Å². The summed E-state index contributed by atoms with van der Waals surface area (Å²) in [6.45, 7) is 4.20. The topological polar surface area (TPSA) is 47.2 Å². The highest BCUT2D eigenvalue weighted by molar-refractivity contribution is 5.69. The van der Waals surface area contributed by atoms with Crippen LogP contribution in [-0.4, -0.2) is 32.3 Å². The van der Waals surface area contributed by atoms with Crippen LogP contribution in [0.1, 0.15) is 32.0 Å². The van der Waals surface area contributed by atoms with E-state index < -0.39 is 6.55 Å². The van der Waals surface area contributed by atoms with Crippen LogP contribution in [0.25, 0.3) is 28.0 Å². The highest BCUT2D eigenvalue weighted by Crippen LogP contribution is 2.26. The van der Waals surface area contributed by atoms with Gasteiger partial charge in [0.2, 0.25) is 0 Å². The van der Waals surface area contributed by atoms with Gasteiger partial charge in [-0.25, -0.2) is 9.67 Å². The van der Waals surface area contributed by atoms with Crippen LogP contribution in [0.2, 0.25) is 0 Å². The van der Waals surface area contributed by atoms with Crippen molar-refractivity contribution in [3.05, 3.63) is 66.7 Å². The maximum Gasteiger partial charge on any atom is 0.333 e. The summed E-state index contributed by atoms with van der Waals surface area (Å²) < 4.78 is 28.0. The van der Waals surface area contributed by atoms with Gasteiger partial charge in [0, 0.05) is 23.0 Å². The maximum absolute atomic E-state index is 12.6. The molecular weight excluding hydrogens is 396 g/mol. The molecule has 1 saturated heterocycles. The zero-order valence-corrected chi connectivity index (χ0v) is 17.8. The van der Waals surface area contributed by atoms with Gasteiger partial charge in [0.05, 0.1) is 18.1 Å². The predicted octanol–water partition coefficient (Wildman–Crippen LogP) is 5.57. The molecule has 0 bridgehead atoms. The Bertz CT molecular complexity index is 1120. The van der Waals surface area contributed by atoms with E-state index in [0.29, 0.717) is 10.2 Å². The zero-order chi connectivity index (χ0) is 21.8. The number of piperidine rings is 1. The summed E-state index contributed by atoms with van der Waals surface area (Å²) in [5.41, 5.74) is 5.52. The molecule has 0 saturated carbocycles. The van der Waals surface area contributed by atoms with Crippen molar-refractivity contribution in [3.63, 3.8) is 0 Å². The molecule has 7 heteroatoms. The third-order valence-electron chi connectivity index (χ3n) is 5.67. The molecule has 1 aliphatic heterocycles. The number of hydrogen-bond acceptors (Lipinski definition) is 3. The van der Waals surface area contributed by atoms with E-state index >= 15 is 0 Å². The molecule has 0 radical (unpaired) electrons. The van der Waals surface area contributed by atoms with Gasteiger partial charge in [-0.1, -0.05) is 37.3 Å². The number of aromatic nitrogens is 4. The zero-order valence-electron chi connectivity index (χ0n) is 17.8. The fourth-order valence-corrected chi connectivity index (χ4v) is 3.80. The third kappa shape index (κ3) is 4.82. The fraction of sp³-hybridized carbons (Fsp3) is 0.333. The molecule has 0 spiro atoms. The number of aryl methyl sites for hydroxylation is 1. The number of halogens is 2. The molecule has 31 heavy (non-hydrogen) atoms. The van der Waals surface area contributed by atoms with Gasteiger partial charge in [-0.3, -0.25) is 4.40 Å². The molecule has 5 rings (SSSR count). The maximum atomic E-state index is 12.6. The molecule has 3 aromatic heterocycles. The number of fused-ring (bicyclic) bond motifs is 1. The number of hydrogen-bond donors (Lipinski definition) is 1. The molecule has 1 aromatic carbocycles. The standard InChI is InChI=1S/C18H14F2N4.C6H13N/c1-12-3-2-4-17-21-10-16(24(12)17)14-7-5-13(6-8-14)15-9-22-23(11-15)18(19)20;1-6-2-4-7-5-3-6/h2-11,18H,1H3;6-7H,2-5H2,1H3. The van der Waals surface area contributed by atoms with Crippen molar-refractivity contribution in [3.8, 4) is 22.4 Å². The largest absolute Gasteiger partial charge is 0.333 e. The Morgan fingerprint density at radius 2 is 1.68 bits per heavy atom. The molecule has 4 aromatic rings. The number of pyridine rings is 1. The van der Waals surface area contributed by atoms with Gasteiger partial charge in [-0.15, -0.1) is 0 Å². The first-order chi connectivity index (χ1) is 15.0. The van der Waals surface area contributed by atoms with Gasteiger partial charge < -0.3 is 5.32 Å². The van der Waals surface area contributed by atoms with Crippen LogP contribution >= 0.6 is 0 Å². The molecule has 1 fully saturated rings. The van der Waals surface area contributed by atoms with Gasteiger partial charge >= 0.3 is 6.55 Å². The van der Waals surface area contributed by atoms with E-state index in [1.54, 1.807) is 0 Å². The lowest BCUT2D eigenvalue weighted by atomic mass is 10.0. The first-order valence-electron chi connectivity index (χ1n) is 10.6. The van der Waals surface area contributed by atoms with E-state index in [9.17, 15) is 8.78 Å². The summed E-state index contributed by atoms with van der Waals surface area (Å²) in [7, 11) is 0. The van der Waals surface area contributed by atoms with E-state index in [2.05, 4.69) is 26.7 Å². The molecule has 1 aliphatic rings. The number of rotatable bonds is 3. The van der Waals surface area contributed by atoms with E-state index in [0.717, 1.165) is 34.1 Å². The van der Waals surface area contributed by atoms with Crippen molar-refractivity contribution in [2.45, 2.75) is 33.2 Å². The lowest BCUT2D eigenvalue weighted by molar-refractivity contribution is 0.0566. The first-order valence-corrected chi connectivity index (χ1v) is 10.6. The van der Waals surface area contributed by atoms with Gasteiger partial charge in [0.15, 0.2) is 0 Å². The van der Waals surface area contributed by atoms with Crippen LogP contribution in [-0.2, 0) is 0 Å². The van der Waals surface area contributed by atoms with Crippen molar-refractivity contribution in [2.75, 3.05) is 13.1 Å². The van der Waals surface area contributed by atoms with E-state index in [1.807, 2.05) is 55.6 Å². The minimum absolute atomic E-state index is 0.650. The average molecular weight is 424 g/mol. The number of alkyl halides is 2. The summed E-state index contributed by atoms with van der Waals surface area (Å²) in [4.78, 5) is 4.43. The predicted molar refractivity (Wildman–Crippen MR) is 119 cm³/mol. The number of nitrogens with one attached hydrogen (secondary N) is 1. The summed E-state index contributed by atoms with van der Waals surface area (Å²) >= 11 is 0. The summed E-state index contributed by atoms with van der Waals surface area (Å²) in [6, 6.07) is 13.7. The molecule has 0 unspecified atom stereocenters. The Morgan fingerprint density at radius 3 is 2.29 bits per heavy atom. The second-order valence-corrected chi connectivity index (χ2v) is 8.00. The minimum atomic E-state index is -2.63. The van der Waals surface area contributed by atoms with E-state index in [1.165, 1.54) is 38.3 Å². The Labute approximate surface area is 180 Å². The van der Waals surface area contributed by atoms with Crippen LogP contribution in [0.15, 0.2) is 61.1 Å². The molecule has 4 heterocycles. The van der Waals surface area contributed by atoms with Gasteiger partial charge in [-0.2, -0.15) is 13.9 Å². The Balaban J connectivity index is 0.000000282. The van der Waals surface area contributed by atoms with Crippen molar-refractivity contribution >= 4 is 5.65 Å². The van der Waals surface area contributed by atoms with Gasteiger partial charge in [-0.05, 0) is 56.5 Å². The molecule has 0 aliphatic carbocycles.